The molecule has 1 aromatic heterocycles. The quantitative estimate of drug-likeness (QED) is 0.826. The van der Waals surface area contributed by atoms with Crippen molar-refractivity contribution in [2.75, 3.05) is 6.61 Å². The summed E-state index contributed by atoms with van der Waals surface area (Å²) in [5.41, 5.74) is -0.265. The van der Waals surface area contributed by atoms with E-state index in [1.807, 2.05) is 20.8 Å². The zero-order valence-electron chi connectivity index (χ0n) is 9.58. The highest BCUT2D eigenvalue weighted by Gasteiger charge is 2.14. The van der Waals surface area contributed by atoms with Crippen molar-refractivity contribution in [3.8, 4) is 5.75 Å². The number of nitrogens with one attached hydrogen (secondary N) is 1. The molecule has 1 amide bonds. The van der Waals surface area contributed by atoms with Crippen LogP contribution in [0.3, 0.4) is 0 Å². The molecule has 0 saturated carbocycles. The van der Waals surface area contributed by atoms with Crippen LogP contribution in [0.4, 0.5) is 0 Å². The van der Waals surface area contributed by atoms with Crippen LogP contribution in [0.15, 0.2) is 18.3 Å². The zero-order valence-corrected chi connectivity index (χ0v) is 10.3. The highest BCUT2D eigenvalue weighted by molar-refractivity contribution is 6.30. The van der Waals surface area contributed by atoms with Crippen molar-refractivity contribution < 1.29 is 9.53 Å². The molecule has 1 rings (SSSR count). The largest absolute Gasteiger partial charge is 0.481 e. The molecule has 1 N–H and O–H groups in total. The number of rotatable bonds is 3. The number of pyridine rings is 1. The second-order valence-electron chi connectivity index (χ2n) is 4.38. The average molecular weight is 243 g/mol. The van der Waals surface area contributed by atoms with Gasteiger partial charge in [0.1, 0.15) is 0 Å². The number of ether oxygens (including phenoxy) is 1. The molecule has 0 saturated heterocycles. The molecule has 0 unspecified atom stereocenters. The molecule has 0 aromatic carbocycles. The summed E-state index contributed by atoms with van der Waals surface area (Å²) in [6, 6.07) is 3.36. The maximum absolute atomic E-state index is 11.4. The lowest BCUT2D eigenvalue weighted by Gasteiger charge is -2.20. The number of aromatic nitrogens is 1. The SMILES string of the molecule is CC(C)(C)NC(=O)COc1cccnc1Cl. The van der Waals surface area contributed by atoms with Crippen LogP contribution < -0.4 is 10.1 Å². The van der Waals surface area contributed by atoms with Gasteiger partial charge in [0.25, 0.3) is 5.91 Å². The lowest BCUT2D eigenvalue weighted by molar-refractivity contribution is -0.124. The van der Waals surface area contributed by atoms with Crippen LogP contribution in [-0.4, -0.2) is 23.0 Å². The average Bonchev–Trinajstić information content (AvgIpc) is 2.14. The highest BCUT2D eigenvalue weighted by atomic mass is 35.5. The van der Waals surface area contributed by atoms with Gasteiger partial charge in [-0.3, -0.25) is 4.79 Å². The zero-order chi connectivity index (χ0) is 12.2. The van der Waals surface area contributed by atoms with Crippen molar-refractivity contribution in [1.29, 1.82) is 0 Å². The van der Waals surface area contributed by atoms with Gasteiger partial charge in [0, 0.05) is 11.7 Å². The molecule has 5 heteroatoms. The maximum Gasteiger partial charge on any atom is 0.258 e. The Hall–Kier alpha value is -1.29. The third-order valence-electron chi connectivity index (χ3n) is 1.60. The van der Waals surface area contributed by atoms with E-state index < -0.39 is 0 Å². The number of nitrogens with zero attached hydrogens (tertiary/aromatic N) is 1. The number of halogens is 1. The number of amides is 1. The summed E-state index contributed by atoms with van der Waals surface area (Å²) >= 11 is 5.77. The van der Waals surface area contributed by atoms with E-state index in [1.165, 1.54) is 0 Å². The summed E-state index contributed by atoms with van der Waals surface area (Å²) in [6.45, 7) is 5.65. The standard InChI is InChI=1S/C11H15ClN2O2/c1-11(2,3)14-9(15)7-16-8-5-4-6-13-10(8)12/h4-6H,7H2,1-3H3,(H,14,15). The predicted octanol–water partition coefficient (Wildman–Crippen LogP) is 2.03. The number of hydrogen-bond acceptors (Lipinski definition) is 3. The van der Waals surface area contributed by atoms with Crippen molar-refractivity contribution in [2.24, 2.45) is 0 Å². The highest BCUT2D eigenvalue weighted by Crippen LogP contribution is 2.19. The molecular formula is C11H15ClN2O2. The van der Waals surface area contributed by atoms with E-state index in [2.05, 4.69) is 10.3 Å². The Balaban J connectivity index is 2.47. The van der Waals surface area contributed by atoms with Crippen LogP contribution in [0.25, 0.3) is 0 Å². The third kappa shape index (κ3) is 4.49. The summed E-state index contributed by atoms with van der Waals surface area (Å²) in [6.07, 6.45) is 1.56. The summed E-state index contributed by atoms with van der Waals surface area (Å²) < 4.78 is 5.24. The van der Waals surface area contributed by atoms with Gasteiger partial charge >= 0.3 is 0 Å². The fraction of sp³-hybridized carbons (Fsp3) is 0.455. The summed E-state index contributed by atoms with van der Waals surface area (Å²) in [7, 11) is 0. The topological polar surface area (TPSA) is 51.2 Å². The van der Waals surface area contributed by atoms with Gasteiger partial charge < -0.3 is 10.1 Å². The molecule has 1 heterocycles. The number of carbonyl (C=O) groups is 1. The molecule has 0 aliphatic carbocycles. The molecule has 1 aromatic rings. The Bertz CT molecular complexity index is 374. The molecule has 0 aliphatic rings. The van der Waals surface area contributed by atoms with Crippen LogP contribution in [-0.2, 0) is 4.79 Å². The van der Waals surface area contributed by atoms with E-state index >= 15 is 0 Å². The molecular weight excluding hydrogens is 228 g/mol. The van der Waals surface area contributed by atoms with E-state index in [4.69, 9.17) is 16.3 Å². The fourth-order valence-corrected chi connectivity index (χ4v) is 1.25. The summed E-state index contributed by atoms with van der Waals surface area (Å²) in [5, 5.41) is 3.04. The van der Waals surface area contributed by atoms with Crippen molar-refractivity contribution in [1.82, 2.24) is 10.3 Å². The van der Waals surface area contributed by atoms with E-state index in [1.54, 1.807) is 18.3 Å². The van der Waals surface area contributed by atoms with E-state index in [0.717, 1.165) is 0 Å². The minimum Gasteiger partial charge on any atom is -0.481 e. The van der Waals surface area contributed by atoms with Gasteiger partial charge in [-0.05, 0) is 32.9 Å². The predicted molar refractivity (Wildman–Crippen MR) is 62.6 cm³/mol. The number of carbonyl (C=O) groups excluding carboxylic acids is 1. The molecule has 0 fully saturated rings. The first-order chi connectivity index (χ1) is 7.38. The van der Waals surface area contributed by atoms with E-state index in [0.29, 0.717) is 5.75 Å². The molecule has 0 spiro atoms. The molecule has 0 atom stereocenters. The van der Waals surface area contributed by atoms with Crippen LogP contribution in [0, 0.1) is 0 Å². The van der Waals surface area contributed by atoms with E-state index in [-0.39, 0.29) is 23.2 Å². The number of hydrogen-bond donors (Lipinski definition) is 1. The van der Waals surface area contributed by atoms with Gasteiger partial charge in [0.15, 0.2) is 17.5 Å². The van der Waals surface area contributed by atoms with E-state index in [9.17, 15) is 4.79 Å². The first kappa shape index (κ1) is 12.8. The minimum atomic E-state index is -0.265. The van der Waals surface area contributed by atoms with Gasteiger partial charge in [-0.2, -0.15) is 0 Å². The van der Waals surface area contributed by atoms with Gasteiger partial charge in [0.05, 0.1) is 0 Å². The Morgan fingerprint density at radius 2 is 2.25 bits per heavy atom. The summed E-state index contributed by atoms with van der Waals surface area (Å²) in [5.74, 6) is 0.223. The maximum atomic E-state index is 11.4. The first-order valence-corrected chi connectivity index (χ1v) is 5.30. The van der Waals surface area contributed by atoms with Gasteiger partial charge in [0.2, 0.25) is 0 Å². The van der Waals surface area contributed by atoms with Crippen LogP contribution in [0.1, 0.15) is 20.8 Å². The molecule has 0 radical (unpaired) electrons. The Kier molecular flexibility index (Phi) is 4.12. The van der Waals surface area contributed by atoms with Gasteiger partial charge in [-0.1, -0.05) is 11.6 Å². The second-order valence-corrected chi connectivity index (χ2v) is 4.74. The van der Waals surface area contributed by atoms with Crippen molar-refractivity contribution >= 4 is 17.5 Å². The van der Waals surface area contributed by atoms with Crippen molar-refractivity contribution in [3.63, 3.8) is 0 Å². The third-order valence-corrected chi connectivity index (χ3v) is 1.88. The smallest absolute Gasteiger partial charge is 0.258 e. The lowest BCUT2D eigenvalue weighted by atomic mass is 10.1. The Morgan fingerprint density at radius 1 is 1.56 bits per heavy atom. The van der Waals surface area contributed by atoms with Crippen LogP contribution in [0.2, 0.25) is 5.15 Å². The fourth-order valence-electron chi connectivity index (χ4n) is 1.08. The molecule has 16 heavy (non-hydrogen) atoms. The monoisotopic (exact) mass is 242 g/mol. The molecule has 88 valence electrons. The Morgan fingerprint density at radius 3 is 2.81 bits per heavy atom. The van der Waals surface area contributed by atoms with Crippen LogP contribution >= 0.6 is 11.6 Å². The Labute approximate surface area is 100.0 Å². The normalized spacial score (nSPS) is 11.0. The lowest BCUT2D eigenvalue weighted by Crippen LogP contribution is -2.43. The minimum absolute atomic E-state index is 0.0668. The van der Waals surface area contributed by atoms with Crippen LogP contribution in [0.5, 0.6) is 5.75 Å². The van der Waals surface area contributed by atoms with Gasteiger partial charge in [-0.15, -0.1) is 0 Å². The van der Waals surface area contributed by atoms with Crippen molar-refractivity contribution in [3.05, 3.63) is 23.5 Å². The van der Waals surface area contributed by atoms with Crippen molar-refractivity contribution in [2.45, 2.75) is 26.3 Å². The summed E-state index contributed by atoms with van der Waals surface area (Å²) in [4.78, 5) is 15.3. The molecule has 4 nitrogen and oxygen atoms in total. The van der Waals surface area contributed by atoms with Gasteiger partial charge in [-0.25, -0.2) is 4.98 Å². The molecule has 0 aliphatic heterocycles. The second kappa shape index (κ2) is 5.16. The molecule has 0 bridgehead atoms. The first-order valence-electron chi connectivity index (χ1n) is 4.93.